The van der Waals surface area contributed by atoms with E-state index in [1.165, 1.54) is 43.4 Å². The second-order valence-electron chi connectivity index (χ2n) is 17.0. The van der Waals surface area contributed by atoms with Crippen LogP contribution < -0.4 is 0 Å². The predicted molar refractivity (Wildman–Crippen MR) is 231 cm³/mol. The molecule has 0 bridgehead atoms. The number of rotatable bonds is 3. The summed E-state index contributed by atoms with van der Waals surface area (Å²) in [7, 11) is 0. The Morgan fingerprint density at radius 1 is 0.382 bits per heavy atom. The summed E-state index contributed by atoms with van der Waals surface area (Å²) >= 11 is 0. The minimum absolute atomic E-state index is 0.0643. The number of benzene rings is 8. The van der Waals surface area contributed by atoms with Crippen LogP contribution in [0.2, 0.25) is 0 Å². The molecule has 266 valence electrons. The molecule has 0 atom stereocenters. The van der Waals surface area contributed by atoms with E-state index in [0.717, 1.165) is 49.4 Å². The third-order valence-electron chi connectivity index (χ3n) is 11.2. The molecular formula is C51H41N3O. The normalized spacial score (nSPS) is 12.5. The van der Waals surface area contributed by atoms with Gasteiger partial charge < -0.3 is 4.42 Å². The molecule has 2 aromatic heterocycles. The van der Waals surface area contributed by atoms with E-state index >= 15 is 0 Å². The van der Waals surface area contributed by atoms with Crippen molar-refractivity contribution >= 4 is 65.0 Å². The van der Waals surface area contributed by atoms with Gasteiger partial charge in [0.15, 0.2) is 17.5 Å². The zero-order chi connectivity index (χ0) is 37.6. The van der Waals surface area contributed by atoms with Crippen molar-refractivity contribution in [2.24, 2.45) is 0 Å². The SMILES string of the molecule is CC(C)(C)c1ccc2cc(-c3nc(-c4cccc5c4ccc4cc6ccc(C(C)(C)C)cc6cc45)nc(-c4cccc5c4oc4ccccc45)n3)ccc2c1. The van der Waals surface area contributed by atoms with Gasteiger partial charge in [-0.2, -0.15) is 0 Å². The Bertz CT molecular complexity index is 3180. The van der Waals surface area contributed by atoms with Crippen LogP contribution in [-0.4, -0.2) is 15.0 Å². The van der Waals surface area contributed by atoms with Crippen molar-refractivity contribution < 1.29 is 4.42 Å². The number of hydrogen-bond acceptors (Lipinski definition) is 4. The Morgan fingerprint density at radius 2 is 0.964 bits per heavy atom. The van der Waals surface area contributed by atoms with Gasteiger partial charge in [-0.25, -0.2) is 15.0 Å². The summed E-state index contributed by atoms with van der Waals surface area (Å²) in [5.41, 5.74) is 7.10. The minimum Gasteiger partial charge on any atom is -0.455 e. The number of hydrogen-bond donors (Lipinski definition) is 0. The van der Waals surface area contributed by atoms with E-state index in [1.54, 1.807) is 0 Å². The Labute approximate surface area is 320 Å². The van der Waals surface area contributed by atoms with Gasteiger partial charge >= 0.3 is 0 Å². The monoisotopic (exact) mass is 711 g/mol. The van der Waals surface area contributed by atoms with Crippen LogP contribution in [0.3, 0.4) is 0 Å². The highest BCUT2D eigenvalue weighted by Crippen LogP contribution is 2.39. The zero-order valence-electron chi connectivity index (χ0n) is 32.0. The molecule has 0 saturated heterocycles. The average molecular weight is 712 g/mol. The third kappa shape index (κ3) is 5.63. The average Bonchev–Trinajstić information content (AvgIpc) is 3.57. The summed E-state index contributed by atoms with van der Waals surface area (Å²) in [5.74, 6) is 1.82. The van der Waals surface area contributed by atoms with Crippen LogP contribution >= 0.6 is 0 Å². The molecule has 4 heteroatoms. The highest BCUT2D eigenvalue weighted by Gasteiger charge is 2.20. The van der Waals surface area contributed by atoms with Crippen LogP contribution in [0.25, 0.3) is 99.2 Å². The molecule has 10 aromatic rings. The van der Waals surface area contributed by atoms with Crippen molar-refractivity contribution in [1.29, 1.82) is 0 Å². The maximum atomic E-state index is 6.51. The van der Waals surface area contributed by atoms with Gasteiger partial charge in [0.1, 0.15) is 11.2 Å². The molecule has 0 spiro atoms. The van der Waals surface area contributed by atoms with Gasteiger partial charge in [-0.05, 0) is 95.4 Å². The first-order valence-corrected chi connectivity index (χ1v) is 19.1. The quantitative estimate of drug-likeness (QED) is 0.135. The van der Waals surface area contributed by atoms with Crippen LogP contribution in [0.1, 0.15) is 52.7 Å². The summed E-state index contributed by atoms with van der Waals surface area (Å²) in [6.07, 6.45) is 0. The van der Waals surface area contributed by atoms with Gasteiger partial charge in [0, 0.05) is 21.9 Å². The molecular weight excluding hydrogens is 671 g/mol. The van der Waals surface area contributed by atoms with E-state index < -0.39 is 0 Å². The van der Waals surface area contributed by atoms with E-state index in [-0.39, 0.29) is 10.8 Å². The standard InChI is InChI=1S/C51H41N3O/c1-50(2,3)36-22-19-30-26-34(18-17-32(30)27-36)47-52-48(54-49(53-47)43-15-10-13-41-40-11-7-8-16-45(40)55-46(41)43)42-14-9-12-38-39(42)24-21-33-25-31-20-23-37(51(4,5)6)28-35(31)29-44(33)38/h7-29H,1-6H3. The van der Waals surface area contributed by atoms with Crippen LogP contribution in [0, 0.1) is 0 Å². The molecule has 0 radical (unpaired) electrons. The lowest BCUT2D eigenvalue weighted by Gasteiger charge is -2.19. The maximum absolute atomic E-state index is 6.51. The van der Waals surface area contributed by atoms with Crippen molar-refractivity contribution in [2.45, 2.75) is 52.4 Å². The van der Waals surface area contributed by atoms with Crippen molar-refractivity contribution in [3.63, 3.8) is 0 Å². The van der Waals surface area contributed by atoms with Crippen molar-refractivity contribution in [2.75, 3.05) is 0 Å². The smallest absolute Gasteiger partial charge is 0.167 e. The fourth-order valence-electron chi connectivity index (χ4n) is 8.02. The molecule has 0 aliphatic heterocycles. The highest BCUT2D eigenvalue weighted by molar-refractivity contribution is 6.15. The number of fused-ring (bicyclic) bond motifs is 8. The number of para-hydroxylation sites is 2. The second-order valence-corrected chi connectivity index (χ2v) is 17.0. The molecule has 0 saturated carbocycles. The van der Waals surface area contributed by atoms with Crippen molar-refractivity contribution in [1.82, 2.24) is 15.0 Å². The van der Waals surface area contributed by atoms with E-state index in [2.05, 4.69) is 163 Å². The number of nitrogens with zero attached hydrogens (tertiary/aromatic N) is 3. The first kappa shape index (κ1) is 33.2. The summed E-state index contributed by atoms with van der Waals surface area (Å²) in [6.45, 7) is 13.6. The van der Waals surface area contributed by atoms with Gasteiger partial charge in [-0.15, -0.1) is 0 Å². The third-order valence-corrected chi connectivity index (χ3v) is 11.2. The largest absolute Gasteiger partial charge is 0.455 e. The highest BCUT2D eigenvalue weighted by atomic mass is 16.3. The van der Waals surface area contributed by atoms with Crippen molar-refractivity contribution in [3.05, 3.63) is 151 Å². The lowest BCUT2D eigenvalue weighted by atomic mass is 9.85. The summed E-state index contributed by atoms with van der Waals surface area (Å²) < 4.78 is 6.51. The maximum Gasteiger partial charge on any atom is 0.167 e. The summed E-state index contributed by atoms with van der Waals surface area (Å²) in [5, 5.41) is 11.6. The van der Waals surface area contributed by atoms with Crippen LogP contribution in [0.5, 0.6) is 0 Å². The van der Waals surface area contributed by atoms with Gasteiger partial charge in [0.2, 0.25) is 0 Å². The predicted octanol–water partition coefficient (Wildman–Crippen LogP) is 14.0. The van der Waals surface area contributed by atoms with Crippen LogP contribution in [-0.2, 0) is 10.8 Å². The lowest BCUT2D eigenvalue weighted by Crippen LogP contribution is -2.10. The Balaban J connectivity index is 1.20. The zero-order valence-corrected chi connectivity index (χ0v) is 32.0. The first-order valence-electron chi connectivity index (χ1n) is 19.1. The molecule has 10 rings (SSSR count). The molecule has 4 nitrogen and oxygen atoms in total. The van der Waals surface area contributed by atoms with E-state index in [1.807, 2.05) is 18.2 Å². The Morgan fingerprint density at radius 3 is 1.73 bits per heavy atom. The lowest BCUT2D eigenvalue weighted by molar-refractivity contribution is 0.591. The Kier molecular flexibility index (Phi) is 7.28. The van der Waals surface area contributed by atoms with Gasteiger partial charge in [0.25, 0.3) is 0 Å². The van der Waals surface area contributed by atoms with Crippen LogP contribution in [0.4, 0.5) is 0 Å². The second kappa shape index (κ2) is 12.1. The van der Waals surface area contributed by atoms with E-state index in [9.17, 15) is 0 Å². The van der Waals surface area contributed by atoms with Crippen molar-refractivity contribution in [3.8, 4) is 34.2 Å². The summed E-state index contributed by atoms with van der Waals surface area (Å²) in [4.78, 5) is 15.7. The van der Waals surface area contributed by atoms with Gasteiger partial charge in [0.05, 0.1) is 5.56 Å². The summed E-state index contributed by atoms with van der Waals surface area (Å²) in [6, 6.07) is 50.0. The van der Waals surface area contributed by atoms with E-state index in [4.69, 9.17) is 19.4 Å². The molecule has 0 aliphatic carbocycles. The molecule has 0 fully saturated rings. The number of furan rings is 1. The van der Waals surface area contributed by atoms with Gasteiger partial charge in [-0.1, -0.05) is 151 Å². The molecule has 55 heavy (non-hydrogen) atoms. The molecule has 8 aromatic carbocycles. The molecule has 0 aliphatic rings. The van der Waals surface area contributed by atoms with Gasteiger partial charge in [-0.3, -0.25) is 0 Å². The Hall–Kier alpha value is -6.39. The fourth-order valence-corrected chi connectivity index (χ4v) is 8.02. The van der Waals surface area contributed by atoms with E-state index in [0.29, 0.717) is 17.5 Å². The number of aromatic nitrogens is 3. The fraction of sp³-hybridized carbons (Fsp3) is 0.157. The minimum atomic E-state index is 0.0643. The molecule has 0 unspecified atom stereocenters. The topological polar surface area (TPSA) is 51.8 Å². The first-order chi connectivity index (χ1) is 26.5. The molecule has 2 heterocycles. The molecule has 0 amide bonds. The van der Waals surface area contributed by atoms with Crippen LogP contribution in [0.15, 0.2) is 144 Å². The molecule has 0 N–H and O–H groups in total.